The fourth-order valence-electron chi connectivity index (χ4n) is 3.94. The number of carbonyl (C=O) groups excluding carboxylic acids is 2. The van der Waals surface area contributed by atoms with E-state index in [1.165, 1.54) is 58.2 Å². The fourth-order valence-corrected chi connectivity index (χ4v) is 4.05. The lowest BCUT2D eigenvalue weighted by Gasteiger charge is -2.13. The van der Waals surface area contributed by atoms with Gasteiger partial charge in [-0.3, -0.25) is 14.4 Å². The number of ether oxygens (including phenoxy) is 1. The van der Waals surface area contributed by atoms with Crippen molar-refractivity contribution in [3.8, 4) is 5.75 Å². The maximum absolute atomic E-state index is 14.7. The summed E-state index contributed by atoms with van der Waals surface area (Å²) in [6.07, 6.45) is -0.490. The summed E-state index contributed by atoms with van der Waals surface area (Å²) in [6.45, 7) is 0.505. The second kappa shape index (κ2) is 14.0. The van der Waals surface area contributed by atoms with Gasteiger partial charge in [0.1, 0.15) is 17.1 Å². The van der Waals surface area contributed by atoms with Gasteiger partial charge in [0.15, 0.2) is 5.69 Å². The molecule has 1 unspecified atom stereocenters. The number of anilines is 1. The van der Waals surface area contributed by atoms with Crippen molar-refractivity contribution in [1.82, 2.24) is 29.9 Å². The smallest absolute Gasteiger partial charge is 0.394 e. The van der Waals surface area contributed by atoms with Crippen molar-refractivity contribution in [2.24, 2.45) is 0 Å². The first-order chi connectivity index (χ1) is 20.4. The molecule has 3 heterocycles. The molecule has 0 saturated heterocycles. The Morgan fingerprint density at radius 1 is 1.14 bits per heavy atom. The molecule has 0 aliphatic carbocycles. The van der Waals surface area contributed by atoms with E-state index in [0.717, 1.165) is 0 Å². The molecule has 0 aliphatic heterocycles. The molecule has 15 heteroatoms. The van der Waals surface area contributed by atoms with Gasteiger partial charge in [0, 0.05) is 44.2 Å². The first-order valence-corrected chi connectivity index (χ1v) is 13.4. The van der Waals surface area contributed by atoms with Gasteiger partial charge in [-0.2, -0.15) is 8.78 Å². The Hall–Kier alpha value is -4.72. The molecule has 226 valence electrons. The lowest BCUT2D eigenvalue weighted by atomic mass is 10.2. The Bertz CT molecular complexity index is 1620. The average molecular weight is 618 g/mol. The van der Waals surface area contributed by atoms with Gasteiger partial charge in [-0.15, -0.1) is 5.10 Å². The highest BCUT2D eigenvalue weighted by Gasteiger charge is 2.23. The Morgan fingerprint density at radius 3 is 2.67 bits per heavy atom. The molecule has 4 aromatic rings. The van der Waals surface area contributed by atoms with Crippen molar-refractivity contribution >= 4 is 29.1 Å². The van der Waals surface area contributed by atoms with Gasteiger partial charge in [0.05, 0.1) is 19.2 Å². The summed E-state index contributed by atoms with van der Waals surface area (Å²) in [4.78, 5) is 41.1. The third kappa shape index (κ3) is 9.95. The van der Waals surface area contributed by atoms with Crippen molar-refractivity contribution in [1.29, 1.82) is 0 Å². The van der Waals surface area contributed by atoms with Crippen LogP contribution in [0.5, 0.6) is 5.75 Å². The normalized spacial score (nSPS) is 12.0. The van der Waals surface area contributed by atoms with Crippen LogP contribution in [0.2, 0.25) is 5.15 Å². The van der Waals surface area contributed by atoms with Crippen LogP contribution in [0.1, 0.15) is 35.0 Å². The molecule has 0 aliphatic rings. The number of rotatable bonds is 13. The standard InChI is InChI=1S/C28H27ClF3N7O4/c1-28(31,32)43-22-4-2-3-18(11-22)15-34-27(42)23-17-39(37-36-23)16-20(30)7-9-38-10-8-21(13-26(38)41)35-25(40)12-19-5-6-24(29)33-14-19/h2-6,8,10-11,13-14,17,20H,7,9,12,15-16H2,1H3,(H,34,42)(H,35,40). The van der Waals surface area contributed by atoms with Gasteiger partial charge in [-0.05, 0) is 41.8 Å². The fraction of sp³-hybridized carbons (Fsp3) is 0.286. The third-order valence-electron chi connectivity index (χ3n) is 5.92. The van der Waals surface area contributed by atoms with Gasteiger partial charge in [-0.1, -0.05) is 35.0 Å². The second-order valence-electron chi connectivity index (χ2n) is 9.61. The Kier molecular flexibility index (Phi) is 10.1. The van der Waals surface area contributed by atoms with E-state index in [1.54, 1.807) is 18.2 Å². The van der Waals surface area contributed by atoms with Gasteiger partial charge in [0.2, 0.25) is 5.91 Å². The highest BCUT2D eigenvalue weighted by Crippen LogP contribution is 2.22. The summed E-state index contributed by atoms with van der Waals surface area (Å²) in [5.41, 5.74) is 1.01. The van der Waals surface area contributed by atoms with Crippen LogP contribution in [0.3, 0.4) is 0 Å². The van der Waals surface area contributed by atoms with Crippen LogP contribution in [0.4, 0.5) is 18.9 Å². The molecule has 3 aromatic heterocycles. The van der Waals surface area contributed by atoms with Crippen LogP contribution >= 0.6 is 11.6 Å². The topological polar surface area (TPSA) is 133 Å². The van der Waals surface area contributed by atoms with Crippen molar-refractivity contribution in [3.05, 3.63) is 99.4 Å². The SMILES string of the molecule is CC(F)(F)Oc1cccc(CNC(=O)c2cn(CC(F)CCn3ccc(NC(=O)Cc4ccc(Cl)nc4)cc3=O)nn2)c1. The molecule has 11 nitrogen and oxygen atoms in total. The Labute approximate surface area is 248 Å². The van der Waals surface area contributed by atoms with E-state index >= 15 is 0 Å². The molecule has 4 rings (SSSR count). The molecule has 2 N–H and O–H groups in total. The van der Waals surface area contributed by atoms with Crippen molar-refractivity contribution in [2.75, 3.05) is 5.32 Å². The summed E-state index contributed by atoms with van der Waals surface area (Å²) in [5.74, 6) is -0.973. The van der Waals surface area contributed by atoms with Crippen LogP contribution in [0, 0.1) is 0 Å². The molecule has 0 saturated carbocycles. The predicted molar refractivity (Wildman–Crippen MR) is 151 cm³/mol. The molecule has 0 fully saturated rings. The zero-order chi connectivity index (χ0) is 31.0. The summed E-state index contributed by atoms with van der Waals surface area (Å²) < 4.78 is 47.8. The van der Waals surface area contributed by atoms with E-state index in [-0.39, 0.29) is 49.8 Å². The van der Waals surface area contributed by atoms with E-state index < -0.39 is 23.7 Å². The van der Waals surface area contributed by atoms with Crippen LogP contribution in [0.15, 0.2) is 71.9 Å². The molecule has 0 spiro atoms. The maximum Gasteiger partial charge on any atom is 0.394 e. The molecular weight excluding hydrogens is 591 g/mol. The van der Waals surface area contributed by atoms with Crippen LogP contribution in [-0.4, -0.2) is 48.6 Å². The number of hydrogen-bond acceptors (Lipinski definition) is 7. The number of halogens is 4. The largest absolute Gasteiger partial charge is 0.433 e. The quantitative estimate of drug-likeness (QED) is 0.217. The first kappa shape index (κ1) is 31.2. The van der Waals surface area contributed by atoms with Gasteiger partial charge in [-0.25, -0.2) is 14.1 Å². The number of benzene rings is 1. The number of aromatic nitrogens is 5. The van der Waals surface area contributed by atoms with E-state index in [4.69, 9.17) is 11.6 Å². The van der Waals surface area contributed by atoms with Crippen LogP contribution in [0.25, 0.3) is 0 Å². The molecule has 43 heavy (non-hydrogen) atoms. The van der Waals surface area contributed by atoms with E-state index in [9.17, 15) is 27.6 Å². The first-order valence-electron chi connectivity index (χ1n) is 13.0. The maximum atomic E-state index is 14.7. The molecule has 2 amide bonds. The number of hydrogen-bond donors (Lipinski definition) is 2. The number of amides is 2. The molecule has 1 atom stereocenters. The number of aryl methyl sites for hydroxylation is 1. The summed E-state index contributed by atoms with van der Waals surface area (Å²) in [7, 11) is 0. The number of alkyl halides is 3. The molecule has 0 bridgehead atoms. The van der Waals surface area contributed by atoms with Crippen LogP contribution < -0.4 is 20.9 Å². The van der Waals surface area contributed by atoms with Crippen molar-refractivity contribution in [2.45, 2.75) is 51.7 Å². The highest BCUT2D eigenvalue weighted by atomic mass is 35.5. The number of pyridine rings is 2. The van der Waals surface area contributed by atoms with Crippen LogP contribution in [-0.2, 0) is 30.8 Å². The number of carbonyl (C=O) groups is 2. The number of nitrogens with one attached hydrogen (secondary N) is 2. The van der Waals surface area contributed by atoms with Gasteiger partial charge in [0.25, 0.3) is 11.5 Å². The van der Waals surface area contributed by atoms with Gasteiger partial charge < -0.3 is 19.9 Å². The zero-order valence-electron chi connectivity index (χ0n) is 22.8. The highest BCUT2D eigenvalue weighted by molar-refractivity contribution is 6.29. The minimum atomic E-state index is -3.34. The van der Waals surface area contributed by atoms with Crippen molar-refractivity contribution < 1.29 is 27.5 Å². The average Bonchev–Trinajstić information content (AvgIpc) is 3.40. The minimum absolute atomic E-state index is 0.0148. The summed E-state index contributed by atoms with van der Waals surface area (Å²) in [6, 6.07) is 11.9. The lowest BCUT2D eigenvalue weighted by Crippen LogP contribution is -2.24. The zero-order valence-corrected chi connectivity index (χ0v) is 23.6. The monoisotopic (exact) mass is 617 g/mol. The Balaban J connectivity index is 1.22. The van der Waals surface area contributed by atoms with E-state index in [1.807, 2.05) is 0 Å². The molecule has 0 radical (unpaired) electrons. The molecule has 1 aromatic carbocycles. The van der Waals surface area contributed by atoms with Gasteiger partial charge >= 0.3 is 6.11 Å². The molecular formula is C28H27ClF3N7O4. The van der Waals surface area contributed by atoms with E-state index in [2.05, 4.69) is 30.7 Å². The lowest BCUT2D eigenvalue weighted by molar-refractivity contribution is -0.159. The number of nitrogens with zero attached hydrogens (tertiary/aromatic N) is 5. The Morgan fingerprint density at radius 2 is 1.95 bits per heavy atom. The summed E-state index contributed by atoms with van der Waals surface area (Å²) >= 11 is 5.74. The van der Waals surface area contributed by atoms with Crippen molar-refractivity contribution in [3.63, 3.8) is 0 Å². The third-order valence-corrected chi connectivity index (χ3v) is 6.15. The minimum Gasteiger partial charge on any atom is -0.433 e. The second-order valence-corrected chi connectivity index (χ2v) is 10.0. The van der Waals surface area contributed by atoms with E-state index in [0.29, 0.717) is 28.9 Å². The summed E-state index contributed by atoms with van der Waals surface area (Å²) in [5, 5.41) is 13.1. The predicted octanol–water partition coefficient (Wildman–Crippen LogP) is 4.02.